The van der Waals surface area contributed by atoms with Gasteiger partial charge in [-0.3, -0.25) is 0 Å². The van der Waals surface area contributed by atoms with Gasteiger partial charge in [-0.05, 0) is 28.1 Å². The van der Waals surface area contributed by atoms with Gasteiger partial charge in [0.05, 0.1) is 0 Å². The maximum Gasteiger partial charge on any atom is 0.442 e. The number of halogens is 3. The molecule has 0 bridgehead atoms. The van der Waals surface area contributed by atoms with Crippen LogP contribution in [0.4, 0.5) is 13.2 Å². The van der Waals surface area contributed by atoms with Crippen LogP contribution in [0.15, 0.2) is 48.5 Å². The van der Waals surface area contributed by atoms with Crippen molar-refractivity contribution in [1.82, 2.24) is 0 Å². The Labute approximate surface area is 108 Å². The Kier molecular flexibility index (Phi) is 3.97. The number of hydrogen-bond donors (Lipinski definition) is 0. The topological polar surface area (TPSA) is 0 Å². The fourth-order valence-corrected chi connectivity index (χ4v) is 2.09. The Morgan fingerprint density at radius 2 is 1.72 bits per heavy atom. The average molecular weight is 268 g/mol. The van der Waals surface area contributed by atoms with Crippen LogP contribution in [0.25, 0.3) is 16.8 Å². The van der Waals surface area contributed by atoms with Crippen LogP contribution in [0.2, 0.25) is 0 Å². The molecular formula is C14H11F3S. The van der Waals surface area contributed by atoms with Crippen LogP contribution >= 0.6 is 11.8 Å². The second-order valence-corrected chi connectivity index (χ2v) is 4.81. The molecule has 0 heterocycles. The third kappa shape index (κ3) is 3.53. The van der Waals surface area contributed by atoms with E-state index in [0.717, 1.165) is 16.3 Å². The van der Waals surface area contributed by atoms with Crippen molar-refractivity contribution in [2.24, 2.45) is 0 Å². The van der Waals surface area contributed by atoms with Crippen LogP contribution in [0.5, 0.6) is 0 Å². The number of rotatable bonds is 3. The summed E-state index contributed by atoms with van der Waals surface area (Å²) in [5.74, 6) is -0.0628. The standard InChI is InChI=1S/C14H11F3S/c15-14(16,17)18-10-4-8-12-7-3-6-11-5-1-2-9-13(11)12/h1-9H,10H2/b8-4+. The lowest BCUT2D eigenvalue weighted by Gasteiger charge is -2.03. The second kappa shape index (κ2) is 5.48. The van der Waals surface area contributed by atoms with E-state index in [1.54, 1.807) is 12.2 Å². The number of fused-ring (bicyclic) bond motifs is 1. The highest BCUT2D eigenvalue weighted by Crippen LogP contribution is 2.30. The van der Waals surface area contributed by atoms with Crippen LogP contribution in [0, 0.1) is 0 Å². The molecule has 0 N–H and O–H groups in total. The number of benzene rings is 2. The third-order valence-electron chi connectivity index (χ3n) is 2.46. The number of alkyl halides is 3. The molecule has 0 aliphatic rings. The zero-order chi connectivity index (χ0) is 13.0. The van der Waals surface area contributed by atoms with Crippen molar-refractivity contribution in [2.75, 3.05) is 5.75 Å². The average Bonchev–Trinajstić information content (AvgIpc) is 2.33. The Bertz CT molecular complexity index is 553. The predicted octanol–water partition coefficient (Wildman–Crippen LogP) is 5.11. The largest absolute Gasteiger partial charge is 0.442 e. The first-order valence-electron chi connectivity index (χ1n) is 5.41. The smallest absolute Gasteiger partial charge is 0.160 e. The summed E-state index contributed by atoms with van der Waals surface area (Å²) in [5, 5.41) is 2.14. The Balaban J connectivity index is 2.14. The van der Waals surface area contributed by atoms with Gasteiger partial charge < -0.3 is 0 Å². The van der Waals surface area contributed by atoms with Gasteiger partial charge in [0.1, 0.15) is 0 Å². The van der Waals surface area contributed by atoms with Crippen molar-refractivity contribution in [3.63, 3.8) is 0 Å². The first kappa shape index (κ1) is 13.0. The van der Waals surface area contributed by atoms with Gasteiger partial charge in [0.15, 0.2) is 0 Å². The minimum Gasteiger partial charge on any atom is -0.160 e. The summed E-state index contributed by atoms with van der Waals surface area (Å²) >= 11 is -0.0286. The summed E-state index contributed by atoms with van der Waals surface area (Å²) < 4.78 is 35.9. The monoisotopic (exact) mass is 268 g/mol. The third-order valence-corrected chi connectivity index (χ3v) is 3.15. The van der Waals surface area contributed by atoms with Crippen LogP contribution in [0.3, 0.4) is 0 Å². The lowest BCUT2D eigenvalue weighted by atomic mass is 10.0. The molecule has 0 aromatic heterocycles. The molecule has 18 heavy (non-hydrogen) atoms. The lowest BCUT2D eigenvalue weighted by molar-refractivity contribution is -0.0326. The molecule has 0 saturated carbocycles. The van der Waals surface area contributed by atoms with Crippen LogP contribution in [-0.4, -0.2) is 11.3 Å². The van der Waals surface area contributed by atoms with E-state index in [2.05, 4.69) is 0 Å². The molecule has 0 unspecified atom stereocenters. The summed E-state index contributed by atoms with van der Waals surface area (Å²) in [4.78, 5) is 0. The Morgan fingerprint density at radius 1 is 1.00 bits per heavy atom. The van der Waals surface area contributed by atoms with Crippen molar-refractivity contribution in [2.45, 2.75) is 5.51 Å². The SMILES string of the molecule is FC(F)(F)SC/C=C/c1cccc2ccccc12. The van der Waals surface area contributed by atoms with E-state index in [4.69, 9.17) is 0 Å². The normalized spacial score (nSPS) is 12.4. The first-order valence-corrected chi connectivity index (χ1v) is 6.40. The molecular weight excluding hydrogens is 257 g/mol. The number of thioether (sulfide) groups is 1. The molecule has 94 valence electrons. The van der Waals surface area contributed by atoms with E-state index in [1.165, 1.54) is 0 Å². The molecule has 0 amide bonds. The molecule has 2 aromatic rings. The molecule has 4 heteroatoms. The zero-order valence-electron chi connectivity index (χ0n) is 9.45. The van der Waals surface area contributed by atoms with Crippen molar-refractivity contribution in [3.05, 3.63) is 54.1 Å². The highest BCUT2D eigenvalue weighted by Gasteiger charge is 2.26. The van der Waals surface area contributed by atoms with Gasteiger partial charge in [-0.2, -0.15) is 13.2 Å². The van der Waals surface area contributed by atoms with E-state index in [-0.39, 0.29) is 17.5 Å². The molecule has 0 aliphatic heterocycles. The quantitative estimate of drug-likeness (QED) is 0.745. The van der Waals surface area contributed by atoms with Crippen molar-refractivity contribution < 1.29 is 13.2 Å². The molecule has 0 spiro atoms. The first-order chi connectivity index (χ1) is 8.56. The summed E-state index contributed by atoms with van der Waals surface area (Å²) in [5.41, 5.74) is -3.22. The maximum atomic E-state index is 12.0. The Morgan fingerprint density at radius 3 is 2.50 bits per heavy atom. The highest BCUT2D eigenvalue weighted by molar-refractivity contribution is 8.00. The summed E-state index contributed by atoms with van der Waals surface area (Å²) in [7, 11) is 0. The molecule has 0 aliphatic carbocycles. The molecule has 0 nitrogen and oxygen atoms in total. The molecule has 0 atom stereocenters. The Hall–Kier alpha value is -1.42. The lowest BCUT2D eigenvalue weighted by Crippen LogP contribution is -1.99. The second-order valence-electron chi connectivity index (χ2n) is 3.73. The minimum absolute atomic E-state index is 0.0286. The van der Waals surface area contributed by atoms with Gasteiger partial charge in [-0.1, -0.05) is 54.6 Å². The van der Waals surface area contributed by atoms with Crippen molar-refractivity contribution in [3.8, 4) is 0 Å². The van der Waals surface area contributed by atoms with Gasteiger partial charge >= 0.3 is 5.51 Å². The van der Waals surface area contributed by atoms with E-state index in [0.29, 0.717) is 0 Å². The maximum absolute atomic E-state index is 12.0. The van der Waals surface area contributed by atoms with Gasteiger partial charge in [-0.15, -0.1) is 0 Å². The van der Waals surface area contributed by atoms with Crippen LogP contribution < -0.4 is 0 Å². The van der Waals surface area contributed by atoms with Gasteiger partial charge in [0, 0.05) is 5.75 Å². The van der Waals surface area contributed by atoms with E-state index < -0.39 is 5.51 Å². The highest BCUT2D eigenvalue weighted by atomic mass is 32.2. The molecule has 2 rings (SSSR count). The van der Waals surface area contributed by atoms with E-state index >= 15 is 0 Å². The van der Waals surface area contributed by atoms with Gasteiger partial charge in [0.2, 0.25) is 0 Å². The summed E-state index contributed by atoms with van der Waals surface area (Å²) in [6.07, 6.45) is 3.28. The van der Waals surface area contributed by atoms with Crippen molar-refractivity contribution in [1.29, 1.82) is 0 Å². The fourth-order valence-electron chi connectivity index (χ4n) is 1.71. The molecule has 0 fully saturated rings. The van der Waals surface area contributed by atoms with Crippen molar-refractivity contribution >= 4 is 28.6 Å². The zero-order valence-corrected chi connectivity index (χ0v) is 10.3. The number of hydrogen-bond acceptors (Lipinski definition) is 1. The van der Waals surface area contributed by atoms with E-state index in [1.807, 2.05) is 42.5 Å². The predicted molar refractivity (Wildman–Crippen MR) is 71.5 cm³/mol. The van der Waals surface area contributed by atoms with Gasteiger partial charge in [-0.25, -0.2) is 0 Å². The van der Waals surface area contributed by atoms with Crippen LogP contribution in [0.1, 0.15) is 5.56 Å². The van der Waals surface area contributed by atoms with Crippen LogP contribution in [-0.2, 0) is 0 Å². The van der Waals surface area contributed by atoms with Gasteiger partial charge in [0.25, 0.3) is 0 Å². The van der Waals surface area contributed by atoms with E-state index in [9.17, 15) is 13.2 Å². The minimum atomic E-state index is -4.16. The fraction of sp³-hybridized carbons (Fsp3) is 0.143. The summed E-state index contributed by atoms with van der Waals surface area (Å²) in [6.45, 7) is 0. The summed E-state index contributed by atoms with van der Waals surface area (Å²) in [6, 6.07) is 13.6. The molecule has 0 saturated heterocycles. The molecule has 0 radical (unpaired) electrons. The molecule has 2 aromatic carbocycles.